The smallest absolute Gasteiger partial charge is 0.119 e. The number of hydrogen-bond acceptors (Lipinski definition) is 2. The van der Waals surface area contributed by atoms with Crippen LogP contribution in [0, 0.1) is 6.92 Å². The molecule has 0 radical (unpaired) electrons. The van der Waals surface area contributed by atoms with Crippen molar-refractivity contribution < 1.29 is 4.74 Å². The van der Waals surface area contributed by atoms with Crippen molar-refractivity contribution >= 4 is 0 Å². The third kappa shape index (κ3) is 2.30. The quantitative estimate of drug-likeness (QED) is 0.718. The molecule has 0 saturated carbocycles. The van der Waals surface area contributed by atoms with Gasteiger partial charge in [-0.1, -0.05) is 30.3 Å². The number of aromatic nitrogens is 2. The minimum absolute atomic E-state index is 0.848. The van der Waals surface area contributed by atoms with Gasteiger partial charge in [0.05, 0.1) is 24.2 Å². The van der Waals surface area contributed by atoms with Crippen molar-refractivity contribution in [1.29, 1.82) is 0 Å². The van der Waals surface area contributed by atoms with E-state index in [9.17, 15) is 0 Å². The van der Waals surface area contributed by atoms with Crippen molar-refractivity contribution in [3.63, 3.8) is 0 Å². The van der Waals surface area contributed by atoms with Crippen molar-refractivity contribution in [2.45, 2.75) is 6.92 Å². The van der Waals surface area contributed by atoms with Gasteiger partial charge < -0.3 is 4.74 Å². The van der Waals surface area contributed by atoms with Crippen LogP contribution in [0.3, 0.4) is 0 Å². The van der Waals surface area contributed by atoms with Gasteiger partial charge in [0.1, 0.15) is 5.75 Å². The van der Waals surface area contributed by atoms with Crippen molar-refractivity contribution in [1.82, 2.24) is 9.78 Å². The molecule has 0 atom stereocenters. The second kappa shape index (κ2) is 5.21. The minimum atomic E-state index is 0.848. The highest BCUT2D eigenvalue weighted by molar-refractivity contribution is 5.64. The first-order chi connectivity index (χ1) is 9.78. The second-order valence-corrected chi connectivity index (χ2v) is 4.65. The van der Waals surface area contributed by atoms with E-state index in [2.05, 4.69) is 29.4 Å². The monoisotopic (exact) mass is 264 g/mol. The van der Waals surface area contributed by atoms with E-state index in [-0.39, 0.29) is 0 Å². The number of ether oxygens (including phenoxy) is 1. The molecule has 0 aliphatic rings. The van der Waals surface area contributed by atoms with Crippen molar-refractivity contribution in [2.75, 3.05) is 7.11 Å². The fourth-order valence-electron chi connectivity index (χ4n) is 2.25. The molecule has 0 bridgehead atoms. The molecule has 0 aliphatic heterocycles. The molecule has 0 amide bonds. The Hall–Kier alpha value is -2.55. The highest BCUT2D eigenvalue weighted by Gasteiger charge is 2.10. The Kier molecular flexibility index (Phi) is 3.25. The average Bonchev–Trinajstić information content (AvgIpc) is 2.90. The van der Waals surface area contributed by atoms with Gasteiger partial charge in [-0.15, -0.1) is 0 Å². The number of aryl methyl sites for hydroxylation is 1. The van der Waals surface area contributed by atoms with Gasteiger partial charge in [-0.2, -0.15) is 5.10 Å². The van der Waals surface area contributed by atoms with Crippen LogP contribution in [0.4, 0.5) is 0 Å². The zero-order chi connectivity index (χ0) is 13.9. The zero-order valence-electron chi connectivity index (χ0n) is 11.6. The lowest BCUT2D eigenvalue weighted by Gasteiger charge is -2.08. The summed E-state index contributed by atoms with van der Waals surface area (Å²) in [5, 5.41) is 4.59. The number of para-hydroxylation sites is 1. The molecule has 20 heavy (non-hydrogen) atoms. The zero-order valence-corrected chi connectivity index (χ0v) is 11.6. The summed E-state index contributed by atoms with van der Waals surface area (Å²) in [7, 11) is 1.68. The van der Waals surface area contributed by atoms with Crippen LogP contribution in [0.1, 0.15) is 5.69 Å². The maximum atomic E-state index is 5.30. The first kappa shape index (κ1) is 12.5. The van der Waals surface area contributed by atoms with Crippen LogP contribution in [-0.4, -0.2) is 16.9 Å². The summed E-state index contributed by atoms with van der Waals surface area (Å²) in [6.07, 6.45) is 0. The minimum Gasteiger partial charge on any atom is -0.497 e. The maximum Gasteiger partial charge on any atom is 0.119 e. The highest BCUT2D eigenvalue weighted by Crippen LogP contribution is 2.26. The van der Waals surface area contributed by atoms with E-state index in [4.69, 9.17) is 4.74 Å². The van der Waals surface area contributed by atoms with E-state index in [0.29, 0.717) is 0 Å². The summed E-state index contributed by atoms with van der Waals surface area (Å²) in [5.41, 5.74) is 4.20. The first-order valence-corrected chi connectivity index (χ1v) is 6.54. The van der Waals surface area contributed by atoms with Crippen LogP contribution in [0.25, 0.3) is 16.9 Å². The summed E-state index contributed by atoms with van der Waals surface area (Å²) >= 11 is 0. The Morgan fingerprint density at radius 3 is 2.50 bits per heavy atom. The molecule has 0 spiro atoms. The van der Waals surface area contributed by atoms with Crippen LogP contribution >= 0.6 is 0 Å². The van der Waals surface area contributed by atoms with Crippen molar-refractivity contribution in [3.05, 3.63) is 66.4 Å². The van der Waals surface area contributed by atoms with E-state index in [1.54, 1.807) is 7.11 Å². The van der Waals surface area contributed by atoms with Crippen LogP contribution < -0.4 is 4.74 Å². The fraction of sp³-hybridized carbons (Fsp3) is 0.118. The maximum absolute atomic E-state index is 5.30. The predicted molar refractivity (Wildman–Crippen MR) is 80.3 cm³/mol. The van der Waals surface area contributed by atoms with Gasteiger partial charge in [0.15, 0.2) is 0 Å². The van der Waals surface area contributed by atoms with Gasteiger partial charge >= 0.3 is 0 Å². The molecule has 3 nitrogen and oxygen atoms in total. The molecular weight excluding hydrogens is 248 g/mol. The van der Waals surface area contributed by atoms with Crippen LogP contribution in [0.5, 0.6) is 5.75 Å². The standard InChI is InChI=1S/C17H16N2O/c1-13-11-17(14-7-6-10-16(12-14)20-2)19(18-13)15-8-4-3-5-9-15/h3-12H,1-2H3. The summed E-state index contributed by atoms with van der Waals surface area (Å²) in [5.74, 6) is 0.848. The van der Waals surface area contributed by atoms with Crippen molar-refractivity contribution in [3.8, 4) is 22.7 Å². The van der Waals surface area contributed by atoms with Gasteiger partial charge in [-0.25, -0.2) is 4.68 Å². The third-order valence-corrected chi connectivity index (χ3v) is 3.20. The second-order valence-electron chi connectivity index (χ2n) is 4.65. The Morgan fingerprint density at radius 2 is 1.75 bits per heavy atom. The van der Waals surface area contributed by atoms with Crippen LogP contribution in [-0.2, 0) is 0 Å². The average molecular weight is 264 g/mol. The van der Waals surface area contributed by atoms with E-state index < -0.39 is 0 Å². The van der Waals surface area contributed by atoms with E-state index >= 15 is 0 Å². The number of benzene rings is 2. The number of hydrogen-bond donors (Lipinski definition) is 0. The summed E-state index contributed by atoms with van der Waals surface area (Å²) in [4.78, 5) is 0. The molecule has 0 N–H and O–H groups in total. The fourth-order valence-corrected chi connectivity index (χ4v) is 2.25. The molecule has 0 saturated heterocycles. The number of nitrogens with zero attached hydrogens (tertiary/aromatic N) is 2. The van der Waals surface area contributed by atoms with Gasteiger partial charge in [-0.3, -0.25) is 0 Å². The van der Waals surface area contributed by atoms with E-state index in [0.717, 1.165) is 28.4 Å². The lowest BCUT2D eigenvalue weighted by Crippen LogP contribution is -1.99. The van der Waals surface area contributed by atoms with Gasteiger partial charge in [-0.05, 0) is 37.3 Å². The predicted octanol–water partition coefficient (Wildman–Crippen LogP) is 3.86. The Labute approximate surface area is 118 Å². The SMILES string of the molecule is COc1cccc(-c2cc(C)nn2-c2ccccc2)c1. The molecule has 0 aliphatic carbocycles. The first-order valence-electron chi connectivity index (χ1n) is 6.54. The van der Waals surface area contributed by atoms with E-state index in [1.165, 1.54) is 0 Å². The molecule has 0 unspecified atom stereocenters. The molecule has 3 rings (SSSR count). The molecule has 2 aromatic carbocycles. The van der Waals surface area contributed by atoms with Gasteiger partial charge in [0.25, 0.3) is 0 Å². The largest absolute Gasteiger partial charge is 0.497 e. The summed E-state index contributed by atoms with van der Waals surface area (Å²) in [6.45, 7) is 2.00. The highest BCUT2D eigenvalue weighted by atomic mass is 16.5. The van der Waals surface area contributed by atoms with E-state index in [1.807, 2.05) is 48.0 Å². The van der Waals surface area contributed by atoms with Crippen molar-refractivity contribution in [2.24, 2.45) is 0 Å². The number of rotatable bonds is 3. The molecule has 1 aromatic heterocycles. The Bertz CT molecular complexity index is 717. The third-order valence-electron chi connectivity index (χ3n) is 3.20. The Morgan fingerprint density at radius 1 is 0.950 bits per heavy atom. The molecule has 1 heterocycles. The summed E-state index contributed by atoms with van der Waals surface area (Å²) < 4.78 is 7.26. The molecule has 0 fully saturated rings. The normalized spacial score (nSPS) is 10.5. The van der Waals surface area contributed by atoms with Gasteiger partial charge in [0.2, 0.25) is 0 Å². The van der Waals surface area contributed by atoms with Crippen LogP contribution in [0.2, 0.25) is 0 Å². The van der Waals surface area contributed by atoms with Gasteiger partial charge in [0, 0.05) is 5.56 Å². The lowest BCUT2D eigenvalue weighted by molar-refractivity contribution is 0.415. The molecule has 3 aromatic rings. The topological polar surface area (TPSA) is 27.1 Å². The molecule has 100 valence electrons. The molecular formula is C17H16N2O. The summed E-state index contributed by atoms with van der Waals surface area (Å²) in [6, 6.07) is 20.3. The van der Waals surface area contributed by atoms with Crippen LogP contribution in [0.15, 0.2) is 60.7 Å². The number of methoxy groups -OCH3 is 1. The Balaban J connectivity index is 2.14. The lowest BCUT2D eigenvalue weighted by atomic mass is 10.1. The molecule has 3 heteroatoms.